The molecule has 0 aliphatic heterocycles. The Kier molecular flexibility index (Phi) is 3.41. The Labute approximate surface area is 81.4 Å². The zero-order valence-corrected chi connectivity index (χ0v) is 7.77. The van der Waals surface area contributed by atoms with Gasteiger partial charge >= 0.3 is 5.97 Å². The zero-order valence-electron chi connectivity index (χ0n) is 7.77. The molecule has 1 aromatic heterocycles. The second-order valence-corrected chi connectivity index (χ2v) is 2.97. The van der Waals surface area contributed by atoms with E-state index in [9.17, 15) is 4.79 Å². The van der Waals surface area contributed by atoms with Crippen LogP contribution in [0, 0.1) is 0 Å². The summed E-state index contributed by atoms with van der Waals surface area (Å²) in [6.07, 6.45) is 1.27. The molecule has 0 radical (unpaired) electrons. The molecule has 1 rings (SSSR count). The summed E-state index contributed by atoms with van der Waals surface area (Å²) in [6.45, 7) is 1.80. The fourth-order valence-electron chi connectivity index (χ4n) is 0.904. The first kappa shape index (κ1) is 10.5. The van der Waals surface area contributed by atoms with E-state index in [0.29, 0.717) is 5.82 Å². The third kappa shape index (κ3) is 2.70. The Hall–Kier alpha value is -1.62. The van der Waals surface area contributed by atoms with E-state index in [2.05, 4.69) is 10.3 Å². The number of nitrogens with one attached hydrogen (secondary N) is 1. The number of aliphatic hydroxyl groups excluding tert-OH is 1. The van der Waals surface area contributed by atoms with Crippen LogP contribution in [0.5, 0.6) is 0 Å². The van der Waals surface area contributed by atoms with Crippen LogP contribution in [0.1, 0.15) is 17.3 Å². The lowest BCUT2D eigenvalue weighted by molar-refractivity contribution is 0.0696. The third-order valence-electron chi connectivity index (χ3n) is 1.68. The van der Waals surface area contributed by atoms with Crippen molar-refractivity contribution in [1.29, 1.82) is 0 Å². The number of aliphatic hydroxyl groups is 1. The molecule has 76 valence electrons. The average Bonchev–Trinajstić information content (AvgIpc) is 2.18. The van der Waals surface area contributed by atoms with Gasteiger partial charge in [-0.05, 0) is 19.1 Å². The SMILES string of the molecule is CC(CO)Nc1ccc(C(=O)O)cn1. The first-order valence-electron chi connectivity index (χ1n) is 4.20. The molecular formula is C9H12N2O3. The molecule has 0 spiro atoms. The Bertz CT molecular complexity index is 310. The lowest BCUT2D eigenvalue weighted by Gasteiger charge is -2.10. The van der Waals surface area contributed by atoms with Crippen LogP contribution in [-0.2, 0) is 0 Å². The molecule has 0 aliphatic rings. The molecule has 5 heteroatoms. The van der Waals surface area contributed by atoms with Crippen LogP contribution in [0.3, 0.4) is 0 Å². The number of carbonyl (C=O) groups is 1. The largest absolute Gasteiger partial charge is 0.478 e. The van der Waals surface area contributed by atoms with Gasteiger partial charge in [0, 0.05) is 12.2 Å². The monoisotopic (exact) mass is 196 g/mol. The van der Waals surface area contributed by atoms with E-state index in [1.807, 2.05) is 0 Å². The highest BCUT2D eigenvalue weighted by Gasteiger charge is 2.04. The number of hydrogen-bond donors (Lipinski definition) is 3. The summed E-state index contributed by atoms with van der Waals surface area (Å²) in [5.41, 5.74) is 0.146. The Balaban J connectivity index is 2.68. The third-order valence-corrected chi connectivity index (χ3v) is 1.68. The smallest absolute Gasteiger partial charge is 0.337 e. The molecule has 3 N–H and O–H groups in total. The van der Waals surface area contributed by atoms with Crippen LogP contribution >= 0.6 is 0 Å². The lowest BCUT2D eigenvalue weighted by atomic mass is 10.3. The number of hydrogen-bond acceptors (Lipinski definition) is 4. The molecule has 0 saturated carbocycles. The number of pyridine rings is 1. The van der Waals surface area contributed by atoms with Crippen molar-refractivity contribution < 1.29 is 15.0 Å². The highest BCUT2D eigenvalue weighted by Crippen LogP contribution is 2.06. The molecule has 1 unspecified atom stereocenters. The first-order valence-corrected chi connectivity index (χ1v) is 4.20. The van der Waals surface area contributed by atoms with Gasteiger partial charge in [-0.3, -0.25) is 0 Å². The predicted octanol–water partition coefficient (Wildman–Crippen LogP) is 0.573. The summed E-state index contributed by atoms with van der Waals surface area (Å²) in [6, 6.07) is 2.93. The summed E-state index contributed by atoms with van der Waals surface area (Å²) in [5.74, 6) is -0.448. The number of aromatic nitrogens is 1. The fourth-order valence-corrected chi connectivity index (χ4v) is 0.904. The van der Waals surface area contributed by atoms with E-state index >= 15 is 0 Å². The molecule has 1 atom stereocenters. The molecule has 5 nitrogen and oxygen atoms in total. The quantitative estimate of drug-likeness (QED) is 0.655. The number of aromatic carboxylic acids is 1. The van der Waals surface area contributed by atoms with Gasteiger partial charge in [0.05, 0.1) is 12.2 Å². The number of rotatable bonds is 4. The van der Waals surface area contributed by atoms with Crippen LogP contribution < -0.4 is 5.32 Å². The van der Waals surface area contributed by atoms with E-state index in [4.69, 9.17) is 10.2 Å². The van der Waals surface area contributed by atoms with Crippen LogP contribution in [-0.4, -0.2) is 33.8 Å². The van der Waals surface area contributed by atoms with Gasteiger partial charge in [-0.25, -0.2) is 9.78 Å². The number of carboxylic acids is 1. The fraction of sp³-hybridized carbons (Fsp3) is 0.333. The maximum Gasteiger partial charge on any atom is 0.337 e. The molecule has 0 amide bonds. The van der Waals surface area contributed by atoms with Crippen molar-refractivity contribution in [3.05, 3.63) is 23.9 Å². The van der Waals surface area contributed by atoms with Gasteiger partial charge in [0.25, 0.3) is 0 Å². The molecule has 0 bridgehead atoms. The van der Waals surface area contributed by atoms with Crippen molar-refractivity contribution in [2.45, 2.75) is 13.0 Å². The van der Waals surface area contributed by atoms with Crippen molar-refractivity contribution in [2.24, 2.45) is 0 Å². The standard InChI is InChI=1S/C9H12N2O3/c1-6(5-12)11-8-3-2-7(4-10-8)9(13)14/h2-4,6,12H,5H2,1H3,(H,10,11)(H,13,14). The minimum atomic E-state index is -1.00. The van der Waals surface area contributed by atoms with Gasteiger partial charge in [0.15, 0.2) is 0 Å². The lowest BCUT2D eigenvalue weighted by Crippen LogP contribution is -2.20. The van der Waals surface area contributed by atoms with Crippen molar-refractivity contribution >= 4 is 11.8 Å². The minimum Gasteiger partial charge on any atom is -0.478 e. The Morgan fingerprint density at radius 1 is 1.64 bits per heavy atom. The minimum absolute atomic E-state index is 0.00234. The highest BCUT2D eigenvalue weighted by molar-refractivity contribution is 5.87. The van der Waals surface area contributed by atoms with E-state index in [1.165, 1.54) is 12.3 Å². The Morgan fingerprint density at radius 2 is 2.36 bits per heavy atom. The van der Waals surface area contributed by atoms with Gasteiger partial charge in [0.2, 0.25) is 0 Å². The number of nitrogens with zero attached hydrogens (tertiary/aromatic N) is 1. The van der Waals surface area contributed by atoms with Crippen molar-refractivity contribution in [3.63, 3.8) is 0 Å². The van der Waals surface area contributed by atoms with Crippen LogP contribution in [0.2, 0.25) is 0 Å². The molecule has 0 aliphatic carbocycles. The summed E-state index contributed by atoms with van der Waals surface area (Å²) in [7, 11) is 0. The van der Waals surface area contributed by atoms with Crippen molar-refractivity contribution in [3.8, 4) is 0 Å². The summed E-state index contributed by atoms with van der Waals surface area (Å²) < 4.78 is 0. The van der Waals surface area contributed by atoms with Gasteiger partial charge in [-0.15, -0.1) is 0 Å². The van der Waals surface area contributed by atoms with E-state index in [-0.39, 0.29) is 18.2 Å². The molecule has 0 aromatic carbocycles. The second kappa shape index (κ2) is 4.57. The first-order chi connectivity index (χ1) is 6.63. The highest BCUT2D eigenvalue weighted by atomic mass is 16.4. The van der Waals surface area contributed by atoms with Crippen LogP contribution in [0.25, 0.3) is 0 Å². The van der Waals surface area contributed by atoms with Crippen molar-refractivity contribution in [2.75, 3.05) is 11.9 Å². The number of anilines is 1. The van der Waals surface area contributed by atoms with E-state index < -0.39 is 5.97 Å². The maximum absolute atomic E-state index is 10.5. The molecule has 14 heavy (non-hydrogen) atoms. The predicted molar refractivity (Wildman–Crippen MR) is 51.4 cm³/mol. The van der Waals surface area contributed by atoms with Crippen LogP contribution in [0.15, 0.2) is 18.3 Å². The molecule has 1 heterocycles. The summed E-state index contributed by atoms with van der Waals surface area (Å²) in [5, 5.41) is 20.3. The molecule has 1 aromatic rings. The van der Waals surface area contributed by atoms with E-state index in [1.54, 1.807) is 13.0 Å². The topological polar surface area (TPSA) is 82.5 Å². The van der Waals surface area contributed by atoms with Gasteiger partial charge in [-0.1, -0.05) is 0 Å². The maximum atomic E-state index is 10.5. The van der Waals surface area contributed by atoms with Crippen LogP contribution in [0.4, 0.5) is 5.82 Å². The Morgan fingerprint density at radius 3 is 2.79 bits per heavy atom. The van der Waals surface area contributed by atoms with E-state index in [0.717, 1.165) is 0 Å². The molecule has 0 fully saturated rings. The van der Waals surface area contributed by atoms with Crippen molar-refractivity contribution in [1.82, 2.24) is 4.98 Å². The normalized spacial score (nSPS) is 12.1. The average molecular weight is 196 g/mol. The summed E-state index contributed by atoms with van der Waals surface area (Å²) >= 11 is 0. The van der Waals surface area contributed by atoms with Gasteiger partial charge in [0.1, 0.15) is 5.82 Å². The molecular weight excluding hydrogens is 184 g/mol. The number of carboxylic acid groups (broad SMARTS) is 1. The van der Waals surface area contributed by atoms with Gasteiger partial charge in [-0.2, -0.15) is 0 Å². The second-order valence-electron chi connectivity index (χ2n) is 2.97. The molecule has 0 saturated heterocycles. The summed E-state index contributed by atoms with van der Waals surface area (Å²) in [4.78, 5) is 14.4. The zero-order chi connectivity index (χ0) is 10.6. The van der Waals surface area contributed by atoms with Gasteiger partial charge < -0.3 is 15.5 Å².